The van der Waals surface area contributed by atoms with E-state index in [1.165, 1.54) is 18.1 Å². The minimum absolute atomic E-state index is 0.0537. The third kappa shape index (κ3) is 9.42. The third-order valence-corrected chi connectivity index (χ3v) is 8.78. The number of ketones is 1. The van der Waals surface area contributed by atoms with E-state index < -0.39 is 0 Å². The Balaban J connectivity index is 0.000000250. The second kappa shape index (κ2) is 16.6. The molecule has 0 bridgehead atoms. The minimum Gasteiger partial charge on any atom is -0.323 e. The molecule has 10 heteroatoms. The van der Waals surface area contributed by atoms with Crippen molar-refractivity contribution < 1.29 is 4.79 Å². The average Bonchev–Trinajstić information content (AvgIpc) is 2.99. The molecule has 46 heavy (non-hydrogen) atoms. The van der Waals surface area contributed by atoms with Crippen LogP contribution in [-0.2, 0) is 0 Å². The first-order valence-corrected chi connectivity index (χ1v) is 17.4. The normalized spacial score (nSPS) is 11.7. The van der Waals surface area contributed by atoms with Gasteiger partial charge in [-0.1, -0.05) is 39.8 Å². The summed E-state index contributed by atoms with van der Waals surface area (Å²) >= 11 is 7.35. The predicted octanol–water partition coefficient (Wildman–Crippen LogP) is 9.88. The third-order valence-electron chi connectivity index (χ3n) is 7.51. The summed E-state index contributed by atoms with van der Waals surface area (Å²) in [6.45, 7) is 21.7. The monoisotopic (exact) mass is 751 g/mol. The Morgan fingerprint density at radius 2 is 1.15 bits per heavy atom. The molecule has 0 aliphatic carbocycles. The standard InChI is InChI=1S/C18H25BrN4.C18H22BrN3O/c1-6-23(17-8-7-14(11(2)3)10-15(17)19)18-21-12(4)9-16(22-18)13(5)20;1-6-22(17-8-7-14(11(2)3)10-15(17)19)18-20-12(4)9-16(21-18)13(5)23/h7-11,13H,6,20H2,1-5H3;7-11H,6H2,1-5H3. The molecule has 0 saturated heterocycles. The zero-order valence-corrected chi connectivity index (χ0v) is 31.9. The summed E-state index contributed by atoms with van der Waals surface area (Å²) in [6, 6.07) is 16.3. The number of benzene rings is 2. The van der Waals surface area contributed by atoms with Crippen molar-refractivity contribution in [2.24, 2.45) is 5.73 Å². The summed E-state index contributed by atoms with van der Waals surface area (Å²) in [5, 5.41) is 0. The molecule has 1 atom stereocenters. The van der Waals surface area contributed by atoms with Gasteiger partial charge in [0.1, 0.15) is 5.69 Å². The molecule has 4 aromatic rings. The molecule has 0 spiro atoms. The Bertz CT molecular complexity index is 1660. The van der Waals surface area contributed by atoms with Gasteiger partial charge in [-0.15, -0.1) is 0 Å². The summed E-state index contributed by atoms with van der Waals surface area (Å²) < 4.78 is 2.05. The number of carbonyl (C=O) groups excluding carboxylic acids is 1. The number of Topliss-reactive ketones (excluding diaryl/α,β-unsaturated/α-hetero) is 1. The molecule has 246 valence electrons. The summed E-state index contributed by atoms with van der Waals surface area (Å²) in [6.07, 6.45) is 0. The number of rotatable bonds is 10. The predicted molar refractivity (Wildman–Crippen MR) is 198 cm³/mol. The van der Waals surface area contributed by atoms with Crippen LogP contribution in [0.15, 0.2) is 57.5 Å². The molecule has 0 radical (unpaired) electrons. The number of nitrogens with zero attached hydrogens (tertiary/aromatic N) is 6. The van der Waals surface area contributed by atoms with Gasteiger partial charge in [0.25, 0.3) is 0 Å². The van der Waals surface area contributed by atoms with E-state index >= 15 is 0 Å². The number of nitrogens with two attached hydrogens (primary N) is 1. The molecule has 1 unspecified atom stereocenters. The maximum atomic E-state index is 11.7. The lowest BCUT2D eigenvalue weighted by Crippen LogP contribution is -2.21. The highest BCUT2D eigenvalue weighted by atomic mass is 79.9. The second-order valence-corrected chi connectivity index (χ2v) is 13.7. The van der Waals surface area contributed by atoms with Gasteiger partial charge < -0.3 is 15.5 Å². The Kier molecular flexibility index (Phi) is 13.4. The van der Waals surface area contributed by atoms with Crippen molar-refractivity contribution in [3.8, 4) is 0 Å². The first-order chi connectivity index (χ1) is 21.7. The molecule has 2 heterocycles. The first kappa shape index (κ1) is 37.2. The van der Waals surface area contributed by atoms with Gasteiger partial charge in [-0.25, -0.2) is 19.9 Å². The Labute approximate surface area is 291 Å². The van der Waals surface area contributed by atoms with Crippen LogP contribution in [0.1, 0.15) is 112 Å². The van der Waals surface area contributed by atoms with Crippen LogP contribution in [0.4, 0.5) is 23.3 Å². The molecule has 0 aliphatic rings. The van der Waals surface area contributed by atoms with E-state index in [1.54, 1.807) is 6.07 Å². The van der Waals surface area contributed by atoms with Crippen LogP contribution < -0.4 is 15.5 Å². The van der Waals surface area contributed by atoms with Crippen LogP contribution in [0.2, 0.25) is 0 Å². The van der Waals surface area contributed by atoms with Crippen molar-refractivity contribution >= 4 is 60.9 Å². The maximum Gasteiger partial charge on any atom is 0.230 e. The molecular formula is C36H47Br2N7O. The Hall–Kier alpha value is -3.21. The highest BCUT2D eigenvalue weighted by Gasteiger charge is 2.18. The zero-order chi connectivity index (χ0) is 34.3. The summed E-state index contributed by atoms with van der Waals surface area (Å²) in [5.74, 6) is 2.15. The van der Waals surface area contributed by atoms with E-state index in [0.29, 0.717) is 36.0 Å². The molecule has 2 aromatic heterocycles. The van der Waals surface area contributed by atoms with Crippen LogP contribution in [0, 0.1) is 13.8 Å². The second-order valence-electron chi connectivity index (χ2n) is 12.0. The number of carbonyl (C=O) groups is 1. The van der Waals surface area contributed by atoms with Crippen LogP contribution in [-0.4, -0.2) is 38.8 Å². The lowest BCUT2D eigenvalue weighted by Gasteiger charge is -2.24. The molecule has 2 N–H and O–H groups in total. The number of anilines is 4. The summed E-state index contributed by atoms with van der Waals surface area (Å²) in [5.41, 5.74) is 13.7. The van der Waals surface area contributed by atoms with Crippen LogP contribution in [0.5, 0.6) is 0 Å². The van der Waals surface area contributed by atoms with E-state index in [1.807, 2.05) is 38.7 Å². The molecule has 8 nitrogen and oxygen atoms in total. The van der Waals surface area contributed by atoms with Crippen LogP contribution in [0.3, 0.4) is 0 Å². The maximum absolute atomic E-state index is 11.7. The fourth-order valence-electron chi connectivity index (χ4n) is 4.83. The first-order valence-electron chi connectivity index (χ1n) is 15.8. The number of aromatic nitrogens is 4. The number of aryl methyl sites for hydroxylation is 2. The summed E-state index contributed by atoms with van der Waals surface area (Å²) in [4.78, 5) is 34.0. The lowest BCUT2D eigenvalue weighted by molar-refractivity contribution is 0.101. The topological polar surface area (TPSA) is 101 Å². The van der Waals surface area contributed by atoms with Crippen molar-refractivity contribution in [3.05, 3.63) is 91.4 Å². The van der Waals surface area contributed by atoms with Crippen molar-refractivity contribution in [1.29, 1.82) is 0 Å². The molecular weight excluding hydrogens is 706 g/mol. The van der Waals surface area contributed by atoms with E-state index in [0.717, 1.165) is 43.9 Å². The van der Waals surface area contributed by atoms with E-state index in [-0.39, 0.29) is 11.8 Å². The van der Waals surface area contributed by atoms with Gasteiger partial charge in [0.05, 0.1) is 17.1 Å². The fraction of sp³-hybridized carbons (Fsp3) is 0.417. The number of halogens is 2. The molecule has 2 aromatic carbocycles. The Morgan fingerprint density at radius 3 is 1.52 bits per heavy atom. The van der Waals surface area contributed by atoms with Crippen LogP contribution >= 0.6 is 31.9 Å². The largest absolute Gasteiger partial charge is 0.323 e. The highest BCUT2D eigenvalue weighted by molar-refractivity contribution is 9.11. The SMILES string of the molecule is CCN(c1nc(C)cc(C(C)=O)n1)c1ccc(C(C)C)cc1Br.CCN(c1nc(C)cc(C(C)N)n1)c1ccc(C(C)C)cc1Br. The van der Waals surface area contributed by atoms with Gasteiger partial charge in [-0.3, -0.25) is 4.79 Å². The number of hydrogen-bond donors (Lipinski definition) is 1. The van der Waals surface area contributed by atoms with E-state index in [2.05, 4.69) is 128 Å². The highest BCUT2D eigenvalue weighted by Crippen LogP contribution is 2.34. The van der Waals surface area contributed by atoms with Crippen molar-refractivity contribution in [3.63, 3.8) is 0 Å². The molecule has 0 aliphatic heterocycles. The van der Waals surface area contributed by atoms with Crippen LogP contribution in [0.25, 0.3) is 0 Å². The molecule has 0 fully saturated rings. The average molecular weight is 754 g/mol. The summed E-state index contributed by atoms with van der Waals surface area (Å²) in [7, 11) is 0. The van der Waals surface area contributed by atoms with Gasteiger partial charge in [0.2, 0.25) is 11.9 Å². The molecule has 0 amide bonds. The van der Waals surface area contributed by atoms with Crippen molar-refractivity contribution in [2.45, 2.75) is 87.1 Å². The number of hydrogen-bond acceptors (Lipinski definition) is 8. The van der Waals surface area contributed by atoms with Gasteiger partial charge in [-0.05, 0) is 126 Å². The fourth-order valence-corrected chi connectivity index (χ4v) is 6.05. The zero-order valence-electron chi connectivity index (χ0n) is 28.7. The van der Waals surface area contributed by atoms with Gasteiger partial charge >= 0.3 is 0 Å². The van der Waals surface area contributed by atoms with Crippen molar-refractivity contribution in [2.75, 3.05) is 22.9 Å². The van der Waals surface area contributed by atoms with Gasteiger partial charge in [0.15, 0.2) is 5.78 Å². The molecule has 0 saturated carbocycles. The Morgan fingerprint density at radius 1 is 0.717 bits per heavy atom. The van der Waals surface area contributed by atoms with E-state index in [4.69, 9.17) is 5.73 Å². The van der Waals surface area contributed by atoms with Gasteiger partial charge in [0, 0.05) is 46.4 Å². The van der Waals surface area contributed by atoms with Gasteiger partial charge in [-0.2, -0.15) is 0 Å². The minimum atomic E-state index is -0.110. The molecule has 4 rings (SSSR count). The lowest BCUT2D eigenvalue weighted by atomic mass is 10.0. The van der Waals surface area contributed by atoms with Crippen molar-refractivity contribution in [1.82, 2.24) is 19.9 Å². The quantitative estimate of drug-likeness (QED) is 0.160. The smallest absolute Gasteiger partial charge is 0.230 e. The van der Waals surface area contributed by atoms with E-state index in [9.17, 15) is 4.79 Å².